The smallest absolute Gasteiger partial charge is 0.387 e. The van der Waals surface area contributed by atoms with E-state index in [2.05, 4.69) is 4.74 Å². The van der Waals surface area contributed by atoms with Gasteiger partial charge in [0, 0.05) is 5.56 Å². The average molecular weight is 236 g/mol. The average Bonchev–Trinajstić information content (AvgIpc) is 2.12. The molecular formula is C9H8ClF2NO2. The molecule has 0 aliphatic heterocycles. The number of benzene rings is 1. The second-order valence-electron chi connectivity index (χ2n) is 2.77. The van der Waals surface area contributed by atoms with Crippen LogP contribution in [0, 0.1) is 0 Å². The lowest BCUT2D eigenvalue weighted by Gasteiger charge is -2.10. The molecule has 0 aliphatic carbocycles. The molecule has 0 atom stereocenters. The molecule has 0 fully saturated rings. The number of hydrogen-bond acceptors (Lipinski definition) is 3. The third-order valence-corrected chi connectivity index (χ3v) is 2.13. The Hall–Kier alpha value is -1.36. The zero-order valence-corrected chi connectivity index (χ0v) is 8.52. The van der Waals surface area contributed by atoms with Crippen molar-refractivity contribution in [1.82, 2.24) is 0 Å². The molecule has 0 spiro atoms. The van der Waals surface area contributed by atoms with Gasteiger partial charge in [-0.05, 0) is 19.1 Å². The molecule has 2 N–H and O–H groups in total. The summed E-state index contributed by atoms with van der Waals surface area (Å²) in [6, 6.07) is 2.48. The standard InChI is InChI=1S/C9H8ClF2NO2/c1-4(14)5-2-3-6(15-9(11)12)7(10)8(5)13/h2-3,9H,13H2,1H3. The fourth-order valence-corrected chi connectivity index (χ4v) is 1.28. The highest BCUT2D eigenvalue weighted by atomic mass is 35.5. The van der Waals surface area contributed by atoms with Crippen LogP contribution in [-0.4, -0.2) is 12.4 Å². The number of hydrogen-bond donors (Lipinski definition) is 1. The van der Waals surface area contributed by atoms with Gasteiger partial charge in [-0.15, -0.1) is 0 Å². The molecule has 82 valence electrons. The van der Waals surface area contributed by atoms with Gasteiger partial charge in [0.15, 0.2) is 5.78 Å². The van der Waals surface area contributed by atoms with Gasteiger partial charge in [-0.25, -0.2) is 0 Å². The van der Waals surface area contributed by atoms with Gasteiger partial charge in [0.2, 0.25) is 0 Å². The number of alkyl halides is 2. The van der Waals surface area contributed by atoms with Crippen LogP contribution in [0.3, 0.4) is 0 Å². The maximum Gasteiger partial charge on any atom is 0.387 e. The zero-order valence-electron chi connectivity index (χ0n) is 7.76. The van der Waals surface area contributed by atoms with Crippen LogP contribution in [0.15, 0.2) is 12.1 Å². The normalized spacial score (nSPS) is 10.5. The second kappa shape index (κ2) is 4.44. The first-order valence-electron chi connectivity index (χ1n) is 3.97. The summed E-state index contributed by atoms with van der Waals surface area (Å²) in [5, 5.41) is -0.178. The number of ether oxygens (including phenoxy) is 1. The van der Waals surface area contributed by atoms with Crippen LogP contribution in [0.2, 0.25) is 5.02 Å². The van der Waals surface area contributed by atoms with E-state index >= 15 is 0 Å². The number of nitrogen functional groups attached to an aromatic ring is 1. The van der Waals surface area contributed by atoms with E-state index in [9.17, 15) is 13.6 Å². The predicted molar refractivity (Wildman–Crippen MR) is 52.5 cm³/mol. The van der Waals surface area contributed by atoms with Crippen molar-refractivity contribution < 1.29 is 18.3 Å². The third kappa shape index (κ3) is 2.56. The Morgan fingerprint density at radius 1 is 1.53 bits per heavy atom. The lowest BCUT2D eigenvalue weighted by atomic mass is 10.1. The van der Waals surface area contributed by atoms with E-state index in [4.69, 9.17) is 17.3 Å². The second-order valence-corrected chi connectivity index (χ2v) is 3.15. The van der Waals surface area contributed by atoms with Gasteiger partial charge >= 0.3 is 6.61 Å². The zero-order chi connectivity index (χ0) is 11.6. The van der Waals surface area contributed by atoms with Crippen molar-refractivity contribution in [3.63, 3.8) is 0 Å². The van der Waals surface area contributed by atoms with Crippen molar-refractivity contribution >= 4 is 23.1 Å². The van der Waals surface area contributed by atoms with Gasteiger partial charge in [0.1, 0.15) is 10.8 Å². The summed E-state index contributed by atoms with van der Waals surface area (Å²) in [7, 11) is 0. The van der Waals surface area contributed by atoms with Crippen LogP contribution < -0.4 is 10.5 Å². The molecule has 0 saturated heterocycles. The van der Waals surface area contributed by atoms with Crippen molar-refractivity contribution in [3.05, 3.63) is 22.7 Å². The van der Waals surface area contributed by atoms with Crippen molar-refractivity contribution in [2.24, 2.45) is 0 Å². The lowest BCUT2D eigenvalue weighted by Crippen LogP contribution is -2.06. The number of ketones is 1. The summed E-state index contributed by atoms with van der Waals surface area (Å²) < 4.78 is 27.9. The van der Waals surface area contributed by atoms with E-state index in [0.29, 0.717) is 0 Å². The van der Waals surface area contributed by atoms with Gasteiger partial charge < -0.3 is 10.5 Å². The van der Waals surface area contributed by atoms with Crippen molar-refractivity contribution in [2.45, 2.75) is 13.5 Å². The topological polar surface area (TPSA) is 52.3 Å². The molecule has 1 aromatic carbocycles. The van der Waals surface area contributed by atoms with E-state index in [0.717, 1.165) is 0 Å². The van der Waals surface area contributed by atoms with Crippen LogP contribution in [-0.2, 0) is 0 Å². The maximum absolute atomic E-state index is 11.9. The minimum atomic E-state index is -2.98. The lowest BCUT2D eigenvalue weighted by molar-refractivity contribution is -0.0497. The highest BCUT2D eigenvalue weighted by Crippen LogP contribution is 2.33. The van der Waals surface area contributed by atoms with Crippen LogP contribution in [0.25, 0.3) is 0 Å². The Balaban J connectivity index is 3.15. The largest absolute Gasteiger partial charge is 0.433 e. The first kappa shape index (κ1) is 11.7. The van der Waals surface area contributed by atoms with Gasteiger partial charge in [0.25, 0.3) is 0 Å². The van der Waals surface area contributed by atoms with Gasteiger partial charge in [-0.1, -0.05) is 11.6 Å². The van der Waals surface area contributed by atoms with Gasteiger partial charge in [-0.2, -0.15) is 8.78 Å². The van der Waals surface area contributed by atoms with Crippen molar-refractivity contribution in [2.75, 3.05) is 5.73 Å². The molecule has 1 rings (SSSR count). The number of halogens is 3. The predicted octanol–water partition coefficient (Wildman–Crippen LogP) is 2.73. The molecule has 0 aromatic heterocycles. The molecule has 1 aromatic rings. The van der Waals surface area contributed by atoms with E-state index in [-0.39, 0.29) is 27.8 Å². The molecule has 0 unspecified atom stereocenters. The molecule has 15 heavy (non-hydrogen) atoms. The van der Waals surface area contributed by atoms with Crippen LogP contribution >= 0.6 is 11.6 Å². The molecule has 0 bridgehead atoms. The summed E-state index contributed by atoms with van der Waals surface area (Å²) in [6.45, 7) is -1.68. The van der Waals surface area contributed by atoms with E-state index < -0.39 is 6.61 Å². The van der Waals surface area contributed by atoms with Gasteiger partial charge in [-0.3, -0.25) is 4.79 Å². The third-order valence-electron chi connectivity index (χ3n) is 1.74. The minimum Gasteiger partial charge on any atom is -0.433 e. The molecule has 0 amide bonds. The highest BCUT2D eigenvalue weighted by Gasteiger charge is 2.15. The number of carbonyl (C=O) groups excluding carboxylic acids is 1. The first-order valence-corrected chi connectivity index (χ1v) is 4.35. The van der Waals surface area contributed by atoms with E-state index in [1.807, 2.05) is 0 Å². The number of nitrogens with two attached hydrogens (primary N) is 1. The Kier molecular flexibility index (Phi) is 3.47. The molecule has 0 heterocycles. The number of carbonyl (C=O) groups is 1. The summed E-state index contributed by atoms with van der Waals surface area (Å²) in [5.41, 5.74) is 5.61. The van der Waals surface area contributed by atoms with Crippen LogP contribution in [0.1, 0.15) is 17.3 Å². The van der Waals surface area contributed by atoms with E-state index in [1.54, 1.807) is 0 Å². The van der Waals surface area contributed by atoms with Crippen LogP contribution in [0.4, 0.5) is 14.5 Å². The maximum atomic E-state index is 11.9. The van der Waals surface area contributed by atoms with Crippen LogP contribution in [0.5, 0.6) is 5.75 Å². The molecule has 3 nitrogen and oxygen atoms in total. The fraction of sp³-hybridized carbons (Fsp3) is 0.222. The molecule has 6 heteroatoms. The Morgan fingerprint density at radius 3 is 2.60 bits per heavy atom. The monoisotopic (exact) mass is 235 g/mol. The summed E-state index contributed by atoms with van der Waals surface area (Å²) in [6.07, 6.45) is 0. The van der Waals surface area contributed by atoms with E-state index in [1.165, 1.54) is 19.1 Å². The SMILES string of the molecule is CC(=O)c1ccc(OC(F)F)c(Cl)c1N. The summed E-state index contributed by atoms with van der Waals surface area (Å²) >= 11 is 5.65. The van der Waals surface area contributed by atoms with Crippen molar-refractivity contribution in [3.8, 4) is 5.75 Å². The summed E-state index contributed by atoms with van der Waals surface area (Å²) in [4.78, 5) is 11.0. The molecular weight excluding hydrogens is 228 g/mol. The quantitative estimate of drug-likeness (QED) is 0.647. The summed E-state index contributed by atoms with van der Waals surface area (Å²) in [5.74, 6) is -0.535. The first-order chi connectivity index (χ1) is 6.93. The fourth-order valence-electron chi connectivity index (χ4n) is 1.07. The Morgan fingerprint density at radius 2 is 2.13 bits per heavy atom. The molecule has 0 radical (unpaired) electrons. The highest BCUT2D eigenvalue weighted by molar-refractivity contribution is 6.35. The molecule has 0 aliphatic rings. The minimum absolute atomic E-state index is 0.0534. The number of rotatable bonds is 3. The Labute approximate surface area is 89.8 Å². The number of anilines is 1. The van der Waals surface area contributed by atoms with Crippen molar-refractivity contribution in [1.29, 1.82) is 0 Å². The molecule has 0 saturated carbocycles. The number of Topliss-reactive ketones (excluding diaryl/α,β-unsaturated/α-hetero) is 1. The Bertz CT molecular complexity index is 396. The van der Waals surface area contributed by atoms with Gasteiger partial charge in [0.05, 0.1) is 5.69 Å².